The number of aromatic nitrogens is 3. The second kappa shape index (κ2) is 7.11. The molecule has 0 aliphatic carbocycles. The first-order valence-corrected chi connectivity index (χ1v) is 9.16. The molecule has 0 spiro atoms. The lowest BCUT2D eigenvalue weighted by atomic mass is 10.2. The number of hydrogen-bond donors (Lipinski definition) is 0. The maximum atomic E-state index is 6.00. The van der Waals surface area contributed by atoms with Crippen LogP contribution >= 0.6 is 22.9 Å². The lowest BCUT2D eigenvalue weighted by Crippen LogP contribution is -2.47. The fourth-order valence-corrected chi connectivity index (χ4v) is 3.94. The maximum absolute atomic E-state index is 6.00. The molecule has 5 nitrogen and oxygen atoms in total. The quantitative estimate of drug-likeness (QED) is 0.845. The van der Waals surface area contributed by atoms with Crippen LogP contribution in [0, 0.1) is 12.8 Å². The number of hydrogen-bond acceptors (Lipinski definition) is 6. The van der Waals surface area contributed by atoms with E-state index in [0.717, 1.165) is 42.6 Å². The zero-order chi connectivity index (χ0) is 16.4. The van der Waals surface area contributed by atoms with Crippen LogP contribution in [0.1, 0.15) is 18.7 Å². The number of thiazole rings is 1. The van der Waals surface area contributed by atoms with Crippen LogP contribution < -0.4 is 4.90 Å². The highest BCUT2D eigenvalue weighted by molar-refractivity contribution is 7.16. The van der Waals surface area contributed by atoms with Crippen molar-refractivity contribution in [3.8, 4) is 11.5 Å². The van der Waals surface area contributed by atoms with E-state index in [-0.39, 0.29) is 0 Å². The van der Waals surface area contributed by atoms with Gasteiger partial charge in [-0.15, -0.1) is 11.3 Å². The Balaban J connectivity index is 1.73. The Hall–Kier alpha value is -1.24. The molecular weight excluding hydrogens is 330 g/mol. The first-order valence-electron chi connectivity index (χ1n) is 7.96. The SMILES string of the molecule is Cc1sc(Cl)nc1-c1nccc(N2CCN(CC(C)C)CC2)n1. The monoisotopic (exact) mass is 351 g/mol. The molecule has 1 aliphatic heterocycles. The molecule has 0 radical (unpaired) electrons. The summed E-state index contributed by atoms with van der Waals surface area (Å²) in [6.45, 7) is 11.9. The summed E-state index contributed by atoms with van der Waals surface area (Å²) in [5.74, 6) is 2.35. The fourth-order valence-electron chi connectivity index (χ4n) is 2.89. The van der Waals surface area contributed by atoms with Gasteiger partial charge in [-0.05, 0) is 18.9 Å². The van der Waals surface area contributed by atoms with Gasteiger partial charge in [-0.1, -0.05) is 25.4 Å². The van der Waals surface area contributed by atoms with E-state index in [9.17, 15) is 0 Å². The van der Waals surface area contributed by atoms with Crippen LogP contribution in [0.5, 0.6) is 0 Å². The van der Waals surface area contributed by atoms with E-state index in [0.29, 0.717) is 16.2 Å². The second-order valence-corrected chi connectivity index (χ2v) is 8.08. The van der Waals surface area contributed by atoms with Crippen molar-refractivity contribution in [2.45, 2.75) is 20.8 Å². The largest absolute Gasteiger partial charge is 0.354 e. The van der Waals surface area contributed by atoms with Gasteiger partial charge in [-0.25, -0.2) is 15.0 Å². The molecule has 1 fully saturated rings. The molecule has 0 saturated carbocycles. The van der Waals surface area contributed by atoms with E-state index in [1.54, 1.807) is 0 Å². The van der Waals surface area contributed by atoms with Gasteiger partial charge in [0.1, 0.15) is 11.5 Å². The molecule has 0 bridgehead atoms. The van der Waals surface area contributed by atoms with E-state index in [1.165, 1.54) is 17.9 Å². The Morgan fingerprint density at radius 1 is 1.22 bits per heavy atom. The summed E-state index contributed by atoms with van der Waals surface area (Å²) < 4.78 is 0.536. The minimum atomic E-state index is 0.536. The number of anilines is 1. The predicted molar refractivity (Wildman–Crippen MR) is 96.4 cm³/mol. The first kappa shape index (κ1) is 16.6. The van der Waals surface area contributed by atoms with E-state index in [1.807, 2.05) is 19.2 Å². The minimum Gasteiger partial charge on any atom is -0.354 e. The van der Waals surface area contributed by atoms with Crippen molar-refractivity contribution < 1.29 is 0 Å². The summed E-state index contributed by atoms with van der Waals surface area (Å²) in [6, 6.07) is 1.98. The van der Waals surface area contributed by atoms with Gasteiger partial charge in [-0.3, -0.25) is 4.90 Å². The zero-order valence-electron chi connectivity index (χ0n) is 13.8. The van der Waals surface area contributed by atoms with E-state index in [4.69, 9.17) is 16.6 Å². The molecule has 7 heteroatoms. The Morgan fingerprint density at radius 3 is 2.57 bits per heavy atom. The van der Waals surface area contributed by atoms with Crippen molar-refractivity contribution in [3.05, 3.63) is 21.6 Å². The van der Waals surface area contributed by atoms with Crippen molar-refractivity contribution in [1.82, 2.24) is 19.9 Å². The van der Waals surface area contributed by atoms with Crippen LogP contribution in [-0.2, 0) is 0 Å². The summed E-state index contributed by atoms with van der Waals surface area (Å²) in [5, 5.41) is 0. The molecule has 0 unspecified atom stereocenters. The van der Waals surface area contributed by atoms with Gasteiger partial charge >= 0.3 is 0 Å². The van der Waals surface area contributed by atoms with Gasteiger partial charge in [0.05, 0.1) is 0 Å². The summed E-state index contributed by atoms with van der Waals surface area (Å²) in [7, 11) is 0. The lowest BCUT2D eigenvalue weighted by molar-refractivity contribution is 0.231. The number of piperazine rings is 1. The maximum Gasteiger partial charge on any atom is 0.184 e. The fraction of sp³-hybridized carbons (Fsp3) is 0.562. The Morgan fingerprint density at radius 2 is 1.96 bits per heavy atom. The molecule has 1 saturated heterocycles. The van der Waals surface area contributed by atoms with Gasteiger partial charge in [0.25, 0.3) is 0 Å². The van der Waals surface area contributed by atoms with Gasteiger partial charge in [0.2, 0.25) is 0 Å². The zero-order valence-corrected chi connectivity index (χ0v) is 15.4. The molecule has 2 aromatic rings. The van der Waals surface area contributed by atoms with Crippen molar-refractivity contribution in [3.63, 3.8) is 0 Å². The average Bonchev–Trinajstić information content (AvgIpc) is 2.86. The molecule has 3 rings (SSSR count). The smallest absolute Gasteiger partial charge is 0.184 e. The average molecular weight is 352 g/mol. The van der Waals surface area contributed by atoms with E-state index < -0.39 is 0 Å². The Kier molecular flexibility index (Phi) is 5.14. The molecule has 0 amide bonds. The van der Waals surface area contributed by atoms with Crippen LogP contribution in [0.4, 0.5) is 5.82 Å². The van der Waals surface area contributed by atoms with Gasteiger partial charge in [0, 0.05) is 43.8 Å². The van der Waals surface area contributed by atoms with Crippen molar-refractivity contribution in [2.24, 2.45) is 5.92 Å². The van der Waals surface area contributed by atoms with Gasteiger partial charge < -0.3 is 4.90 Å². The molecule has 124 valence electrons. The number of nitrogens with zero attached hydrogens (tertiary/aromatic N) is 5. The van der Waals surface area contributed by atoms with Crippen LogP contribution in [0.2, 0.25) is 4.47 Å². The van der Waals surface area contributed by atoms with Gasteiger partial charge in [0.15, 0.2) is 10.3 Å². The molecule has 0 N–H and O–H groups in total. The molecule has 23 heavy (non-hydrogen) atoms. The summed E-state index contributed by atoms with van der Waals surface area (Å²) >= 11 is 7.46. The highest BCUT2D eigenvalue weighted by Crippen LogP contribution is 2.28. The normalized spacial score (nSPS) is 16.3. The third-order valence-corrected chi connectivity index (χ3v) is 5.02. The molecule has 1 aliphatic rings. The molecular formula is C16H22ClN5S. The molecule has 0 aromatic carbocycles. The third-order valence-electron chi connectivity index (χ3n) is 3.94. The van der Waals surface area contributed by atoms with E-state index in [2.05, 4.69) is 33.6 Å². The molecule has 0 atom stereocenters. The standard InChI is InChI=1S/C16H22ClN5S/c1-11(2)10-21-6-8-22(9-7-21)13-4-5-18-15(19-13)14-12(3)23-16(17)20-14/h4-5,11H,6-10H2,1-3H3. The topological polar surface area (TPSA) is 45.2 Å². The predicted octanol–water partition coefficient (Wildman–Crippen LogP) is 3.34. The van der Waals surface area contributed by atoms with E-state index >= 15 is 0 Å². The van der Waals surface area contributed by atoms with Crippen LogP contribution in [0.15, 0.2) is 12.3 Å². The number of aryl methyl sites for hydroxylation is 1. The number of rotatable bonds is 4. The minimum absolute atomic E-state index is 0.536. The lowest BCUT2D eigenvalue weighted by Gasteiger charge is -2.36. The number of halogens is 1. The highest BCUT2D eigenvalue weighted by Gasteiger charge is 2.20. The Labute approximate surface area is 146 Å². The first-order chi connectivity index (χ1) is 11.0. The molecule has 3 heterocycles. The van der Waals surface area contributed by atoms with Crippen LogP contribution in [0.3, 0.4) is 0 Å². The highest BCUT2D eigenvalue weighted by atomic mass is 35.5. The van der Waals surface area contributed by atoms with Gasteiger partial charge in [-0.2, -0.15) is 0 Å². The summed E-state index contributed by atoms with van der Waals surface area (Å²) in [6.07, 6.45) is 1.81. The van der Waals surface area contributed by atoms with Crippen molar-refractivity contribution in [1.29, 1.82) is 0 Å². The Bertz CT molecular complexity index is 664. The molecule has 2 aromatic heterocycles. The van der Waals surface area contributed by atoms with Crippen LogP contribution in [-0.4, -0.2) is 52.6 Å². The summed E-state index contributed by atoms with van der Waals surface area (Å²) in [5.41, 5.74) is 0.792. The van der Waals surface area contributed by atoms with Crippen LogP contribution in [0.25, 0.3) is 11.5 Å². The third kappa shape index (κ3) is 4.00. The van der Waals surface area contributed by atoms with Crippen molar-refractivity contribution in [2.75, 3.05) is 37.6 Å². The second-order valence-electron chi connectivity index (χ2n) is 6.29. The van der Waals surface area contributed by atoms with Crippen molar-refractivity contribution >= 4 is 28.8 Å². The summed E-state index contributed by atoms with van der Waals surface area (Å²) in [4.78, 5) is 19.3.